The number of hydrogen-bond acceptors (Lipinski definition) is 6. The number of nitrogens with one attached hydrogen (secondary N) is 2. The average Bonchev–Trinajstić information content (AvgIpc) is 2.77. The molecular formula is C24H29FN2O6S. The van der Waals surface area contributed by atoms with Crippen LogP contribution in [0, 0.1) is 17.7 Å². The number of benzene rings is 2. The zero-order valence-corrected chi connectivity index (χ0v) is 20.5. The number of Topliss-reactive ketones (excluding diaryl/α,β-unsaturated/α-hetero) is 1. The minimum Gasteiger partial charge on any atom is -0.453 e. The van der Waals surface area contributed by atoms with Gasteiger partial charge in [-0.1, -0.05) is 39.8 Å². The highest BCUT2D eigenvalue weighted by Crippen LogP contribution is 2.18. The largest absolute Gasteiger partial charge is 0.453 e. The second-order valence-electron chi connectivity index (χ2n) is 8.44. The van der Waals surface area contributed by atoms with Gasteiger partial charge in [-0.3, -0.25) is 14.4 Å². The summed E-state index contributed by atoms with van der Waals surface area (Å²) in [5.74, 6) is -3.34. The molecule has 8 nitrogen and oxygen atoms in total. The molecule has 184 valence electrons. The molecule has 0 aliphatic rings. The van der Waals surface area contributed by atoms with Crippen molar-refractivity contribution in [3.63, 3.8) is 0 Å². The summed E-state index contributed by atoms with van der Waals surface area (Å²) in [4.78, 5) is 36.6. The fraction of sp³-hybridized carbons (Fsp3) is 0.375. The number of carbonyl (C=O) groups is 3. The van der Waals surface area contributed by atoms with Gasteiger partial charge in [-0.25, -0.2) is 12.8 Å². The molecule has 2 aromatic rings. The normalized spacial score (nSPS) is 13.4. The van der Waals surface area contributed by atoms with Crippen molar-refractivity contribution in [2.24, 2.45) is 11.8 Å². The van der Waals surface area contributed by atoms with E-state index in [1.165, 1.54) is 31.2 Å². The Hall–Kier alpha value is -3.11. The number of halogens is 1. The third kappa shape index (κ3) is 6.94. The van der Waals surface area contributed by atoms with Gasteiger partial charge in [0, 0.05) is 17.2 Å². The van der Waals surface area contributed by atoms with Crippen LogP contribution in [0.15, 0.2) is 53.4 Å². The van der Waals surface area contributed by atoms with Gasteiger partial charge in [-0.05, 0) is 49.2 Å². The Balaban J connectivity index is 2.10. The number of carbonyl (C=O) groups excluding carboxylic acids is 3. The third-order valence-electron chi connectivity index (χ3n) is 4.95. The van der Waals surface area contributed by atoms with E-state index in [0.29, 0.717) is 5.69 Å². The first-order chi connectivity index (χ1) is 15.8. The van der Waals surface area contributed by atoms with E-state index < -0.39 is 50.6 Å². The summed E-state index contributed by atoms with van der Waals surface area (Å²) in [6, 6.07) is 9.54. The fourth-order valence-electron chi connectivity index (χ4n) is 2.89. The van der Waals surface area contributed by atoms with E-state index in [1.54, 1.807) is 39.8 Å². The van der Waals surface area contributed by atoms with Crippen molar-refractivity contribution in [3.05, 3.63) is 59.9 Å². The van der Waals surface area contributed by atoms with Crippen LogP contribution in [0.4, 0.5) is 10.1 Å². The number of amides is 1. The molecule has 0 bridgehead atoms. The van der Waals surface area contributed by atoms with Gasteiger partial charge in [0.25, 0.3) is 0 Å². The molecule has 2 aromatic carbocycles. The molecule has 0 heterocycles. The van der Waals surface area contributed by atoms with Crippen LogP contribution in [-0.2, 0) is 24.3 Å². The number of hydrogen-bond donors (Lipinski definition) is 2. The molecule has 2 N–H and O–H groups in total. The molecular weight excluding hydrogens is 463 g/mol. The summed E-state index contributed by atoms with van der Waals surface area (Å²) in [5.41, 5.74) is 0.762. The van der Waals surface area contributed by atoms with Crippen LogP contribution in [0.1, 0.15) is 45.0 Å². The number of sulfonamides is 1. The quantitative estimate of drug-likeness (QED) is 0.387. The van der Waals surface area contributed by atoms with Gasteiger partial charge in [0.15, 0.2) is 6.10 Å². The zero-order valence-electron chi connectivity index (χ0n) is 19.7. The molecule has 1 amide bonds. The Kier molecular flexibility index (Phi) is 9.06. The lowest BCUT2D eigenvalue weighted by Crippen LogP contribution is -2.46. The van der Waals surface area contributed by atoms with Crippen LogP contribution < -0.4 is 10.0 Å². The van der Waals surface area contributed by atoms with Crippen molar-refractivity contribution < 1.29 is 31.9 Å². The lowest BCUT2D eigenvalue weighted by atomic mass is 10.0. The van der Waals surface area contributed by atoms with Crippen LogP contribution in [0.2, 0.25) is 0 Å². The first-order valence-corrected chi connectivity index (χ1v) is 12.2. The summed E-state index contributed by atoms with van der Waals surface area (Å²) < 4.78 is 46.6. The lowest BCUT2D eigenvalue weighted by Gasteiger charge is -2.23. The smallest absolute Gasteiger partial charge is 0.325 e. The number of esters is 1. The molecule has 0 saturated carbocycles. The maximum atomic E-state index is 14.0. The molecule has 0 aromatic heterocycles. The standard InChI is InChI=1S/C24H29FN2O6S/c1-14(2)21(27-34(31,32)20-9-7-6-8-19(20)25)24(30)33-16(5)22(28)17-10-12-18(13-11-17)26-23(29)15(3)4/h6-16,21,27H,1-5H3,(H,26,29)/t16?,21-/m0/s1. The third-order valence-corrected chi connectivity index (χ3v) is 6.43. The van der Waals surface area contributed by atoms with E-state index in [9.17, 15) is 27.2 Å². The Morgan fingerprint density at radius 3 is 2.03 bits per heavy atom. The van der Waals surface area contributed by atoms with Crippen molar-refractivity contribution in [1.82, 2.24) is 4.72 Å². The average molecular weight is 493 g/mol. The molecule has 2 rings (SSSR count). The highest BCUT2D eigenvalue weighted by molar-refractivity contribution is 7.89. The van der Waals surface area contributed by atoms with E-state index >= 15 is 0 Å². The van der Waals surface area contributed by atoms with Crippen LogP contribution >= 0.6 is 0 Å². The van der Waals surface area contributed by atoms with Crippen LogP contribution in [0.3, 0.4) is 0 Å². The van der Waals surface area contributed by atoms with Gasteiger partial charge in [-0.15, -0.1) is 0 Å². The van der Waals surface area contributed by atoms with Crippen molar-refractivity contribution >= 4 is 33.4 Å². The van der Waals surface area contributed by atoms with Crippen molar-refractivity contribution in [3.8, 4) is 0 Å². The van der Waals surface area contributed by atoms with Gasteiger partial charge in [-0.2, -0.15) is 4.72 Å². The van der Waals surface area contributed by atoms with Gasteiger partial charge in [0.2, 0.25) is 21.7 Å². The van der Waals surface area contributed by atoms with Crippen LogP contribution in [-0.4, -0.2) is 38.2 Å². The molecule has 0 radical (unpaired) electrons. The summed E-state index contributed by atoms with van der Waals surface area (Å²) in [6.07, 6.45) is -1.21. The molecule has 34 heavy (non-hydrogen) atoms. The van der Waals surface area contributed by atoms with E-state index in [1.807, 2.05) is 0 Å². The van der Waals surface area contributed by atoms with Crippen LogP contribution in [0.25, 0.3) is 0 Å². The van der Waals surface area contributed by atoms with Crippen molar-refractivity contribution in [1.29, 1.82) is 0 Å². The minimum absolute atomic E-state index is 0.168. The maximum Gasteiger partial charge on any atom is 0.325 e. The van der Waals surface area contributed by atoms with E-state index in [4.69, 9.17) is 4.74 Å². The van der Waals surface area contributed by atoms with Gasteiger partial charge < -0.3 is 10.1 Å². The summed E-state index contributed by atoms with van der Waals surface area (Å²) in [6.45, 7) is 8.06. The second-order valence-corrected chi connectivity index (χ2v) is 10.1. The molecule has 0 aliphatic carbocycles. The van der Waals surface area contributed by atoms with E-state index in [0.717, 1.165) is 12.1 Å². The molecule has 0 saturated heterocycles. The van der Waals surface area contributed by atoms with E-state index in [2.05, 4.69) is 10.0 Å². The maximum absolute atomic E-state index is 14.0. The predicted molar refractivity (Wildman–Crippen MR) is 125 cm³/mol. The Morgan fingerprint density at radius 1 is 0.912 bits per heavy atom. The van der Waals surface area contributed by atoms with E-state index in [-0.39, 0.29) is 17.4 Å². The first-order valence-electron chi connectivity index (χ1n) is 10.8. The van der Waals surface area contributed by atoms with Crippen LogP contribution in [0.5, 0.6) is 0 Å². The molecule has 0 fully saturated rings. The highest BCUT2D eigenvalue weighted by Gasteiger charge is 2.33. The molecule has 0 aliphatic heterocycles. The predicted octanol–water partition coefficient (Wildman–Crippen LogP) is 3.54. The van der Waals surface area contributed by atoms with Crippen molar-refractivity contribution in [2.45, 2.75) is 51.7 Å². The molecule has 1 unspecified atom stereocenters. The van der Waals surface area contributed by atoms with Crippen molar-refractivity contribution in [2.75, 3.05) is 5.32 Å². The zero-order chi connectivity index (χ0) is 25.6. The minimum atomic E-state index is -4.35. The summed E-state index contributed by atoms with van der Waals surface area (Å²) >= 11 is 0. The number of ketones is 1. The molecule has 2 atom stereocenters. The lowest BCUT2D eigenvalue weighted by molar-refractivity contribution is -0.149. The van der Waals surface area contributed by atoms with Gasteiger partial charge >= 0.3 is 5.97 Å². The number of anilines is 1. The first kappa shape index (κ1) is 27.1. The molecule has 0 spiro atoms. The second kappa shape index (κ2) is 11.3. The monoisotopic (exact) mass is 492 g/mol. The Labute approximate surface area is 198 Å². The molecule has 10 heteroatoms. The SMILES string of the molecule is CC(C)C(=O)Nc1ccc(C(=O)C(C)OC(=O)[C@@H](NS(=O)(=O)c2ccccc2F)C(C)C)cc1. The van der Waals surface area contributed by atoms with Gasteiger partial charge in [0.1, 0.15) is 16.8 Å². The Morgan fingerprint density at radius 2 is 1.50 bits per heavy atom. The topological polar surface area (TPSA) is 119 Å². The fourth-order valence-corrected chi connectivity index (χ4v) is 4.30. The number of ether oxygens (including phenoxy) is 1. The highest BCUT2D eigenvalue weighted by atomic mass is 32.2. The van der Waals surface area contributed by atoms with Gasteiger partial charge in [0.05, 0.1) is 0 Å². The number of rotatable bonds is 10. The summed E-state index contributed by atoms with van der Waals surface area (Å²) in [5, 5.41) is 2.71. The summed E-state index contributed by atoms with van der Waals surface area (Å²) in [7, 11) is -4.35. The Bertz CT molecular complexity index is 1150.